The van der Waals surface area contributed by atoms with Crippen molar-refractivity contribution in [1.29, 1.82) is 0 Å². The second-order valence-electron chi connectivity index (χ2n) is 5.15. The van der Waals surface area contributed by atoms with E-state index in [1.54, 1.807) is 0 Å². The number of halogens is 1. The van der Waals surface area contributed by atoms with Crippen molar-refractivity contribution >= 4 is 0 Å². The Labute approximate surface area is 112 Å². The summed E-state index contributed by atoms with van der Waals surface area (Å²) >= 11 is 0. The van der Waals surface area contributed by atoms with Gasteiger partial charge in [0.1, 0.15) is 5.82 Å². The van der Waals surface area contributed by atoms with Gasteiger partial charge in [-0.1, -0.05) is 0 Å². The number of hydrogen-bond donors (Lipinski definition) is 1. The highest BCUT2D eigenvalue weighted by Crippen LogP contribution is 2.22. The molecule has 1 aliphatic heterocycles. The lowest BCUT2D eigenvalue weighted by Gasteiger charge is -2.23. The molecule has 1 fully saturated rings. The molecule has 0 spiro atoms. The Bertz CT molecular complexity index is 527. The first-order valence-corrected chi connectivity index (χ1v) is 6.80. The third-order valence-corrected chi connectivity index (χ3v) is 3.71. The van der Waals surface area contributed by atoms with Crippen molar-refractivity contribution in [2.75, 3.05) is 13.1 Å². The van der Waals surface area contributed by atoms with Crippen molar-refractivity contribution in [3.63, 3.8) is 0 Å². The number of aromatic nitrogens is 2. The summed E-state index contributed by atoms with van der Waals surface area (Å²) in [7, 11) is 0. The molecule has 1 unspecified atom stereocenters. The third-order valence-electron chi connectivity index (χ3n) is 3.71. The SMILES string of the molecule is Fc1ccc(-c2cncn2CC2CCCNC2)cc1. The molecule has 1 aromatic heterocycles. The normalized spacial score (nSPS) is 19.5. The predicted octanol–water partition coefficient (Wildman–Crippen LogP) is 2.69. The van der Waals surface area contributed by atoms with Gasteiger partial charge in [0, 0.05) is 6.54 Å². The summed E-state index contributed by atoms with van der Waals surface area (Å²) in [4.78, 5) is 4.24. The summed E-state index contributed by atoms with van der Waals surface area (Å²) in [5.74, 6) is 0.452. The lowest BCUT2D eigenvalue weighted by Crippen LogP contribution is -2.32. The molecule has 0 saturated carbocycles. The van der Waals surface area contributed by atoms with E-state index in [1.165, 1.54) is 25.0 Å². The number of hydrogen-bond acceptors (Lipinski definition) is 2. The molecule has 3 nitrogen and oxygen atoms in total. The molecule has 2 aromatic rings. The van der Waals surface area contributed by atoms with E-state index in [0.717, 1.165) is 30.9 Å². The van der Waals surface area contributed by atoms with Gasteiger partial charge in [-0.25, -0.2) is 9.37 Å². The number of piperidine rings is 1. The fraction of sp³-hybridized carbons (Fsp3) is 0.400. The molecular formula is C15H18FN3. The zero-order valence-electron chi connectivity index (χ0n) is 10.8. The van der Waals surface area contributed by atoms with Crippen molar-refractivity contribution < 1.29 is 4.39 Å². The van der Waals surface area contributed by atoms with Crippen molar-refractivity contribution in [2.45, 2.75) is 19.4 Å². The second-order valence-corrected chi connectivity index (χ2v) is 5.15. The first kappa shape index (κ1) is 12.4. The minimum Gasteiger partial charge on any atom is -0.330 e. The van der Waals surface area contributed by atoms with E-state index >= 15 is 0 Å². The number of nitrogens with zero attached hydrogens (tertiary/aromatic N) is 2. The van der Waals surface area contributed by atoms with E-state index in [2.05, 4.69) is 14.9 Å². The molecule has 0 aliphatic carbocycles. The van der Waals surface area contributed by atoms with Crippen LogP contribution in [0.5, 0.6) is 0 Å². The molecule has 3 rings (SSSR count). The highest BCUT2D eigenvalue weighted by molar-refractivity contribution is 5.58. The largest absolute Gasteiger partial charge is 0.330 e. The molecule has 4 heteroatoms. The maximum Gasteiger partial charge on any atom is 0.123 e. The van der Waals surface area contributed by atoms with Crippen LogP contribution in [0.3, 0.4) is 0 Å². The van der Waals surface area contributed by atoms with Gasteiger partial charge >= 0.3 is 0 Å². The van der Waals surface area contributed by atoms with Crippen LogP contribution >= 0.6 is 0 Å². The predicted molar refractivity (Wildman–Crippen MR) is 73.2 cm³/mol. The van der Waals surface area contributed by atoms with Crippen LogP contribution < -0.4 is 5.32 Å². The fourth-order valence-corrected chi connectivity index (χ4v) is 2.69. The van der Waals surface area contributed by atoms with Crippen molar-refractivity contribution in [3.8, 4) is 11.3 Å². The Hall–Kier alpha value is -1.68. The smallest absolute Gasteiger partial charge is 0.123 e. The van der Waals surface area contributed by atoms with Crippen molar-refractivity contribution in [2.24, 2.45) is 5.92 Å². The Morgan fingerprint density at radius 1 is 1.32 bits per heavy atom. The summed E-state index contributed by atoms with van der Waals surface area (Å²) in [6.07, 6.45) is 6.22. The van der Waals surface area contributed by atoms with Crippen LogP contribution in [0.2, 0.25) is 0 Å². The highest BCUT2D eigenvalue weighted by Gasteiger charge is 2.15. The molecule has 1 atom stereocenters. The Balaban J connectivity index is 1.79. The van der Waals surface area contributed by atoms with Crippen LogP contribution in [0, 0.1) is 11.7 Å². The summed E-state index contributed by atoms with van der Waals surface area (Å²) in [6.45, 7) is 3.17. The number of rotatable bonds is 3. The van der Waals surface area contributed by atoms with E-state index in [1.807, 2.05) is 24.7 Å². The molecule has 1 aliphatic rings. The quantitative estimate of drug-likeness (QED) is 0.918. The average Bonchev–Trinajstić information content (AvgIpc) is 2.89. The summed E-state index contributed by atoms with van der Waals surface area (Å²) in [6, 6.07) is 6.60. The van der Waals surface area contributed by atoms with Gasteiger partial charge in [0.15, 0.2) is 0 Å². The Morgan fingerprint density at radius 3 is 2.89 bits per heavy atom. The van der Waals surface area contributed by atoms with Gasteiger partial charge in [-0.15, -0.1) is 0 Å². The first-order valence-electron chi connectivity index (χ1n) is 6.80. The first-order chi connectivity index (χ1) is 9.33. The number of imidazole rings is 1. The van der Waals surface area contributed by atoms with Gasteiger partial charge in [-0.3, -0.25) is 0 Å². The molecule has 19 heavy (non-hydrogen) atoms. The van der Waals surface area contributed by atoms with Gasteiger partial charge < -0.3 is 9.88 Å². The molecule has 0 amide bonds. The number of nitrogens with one attached hydrogen (secondary N) is 1. The highest BCUT2D eigenvalue weighted by atomic mass is 19.1. The second kappa shape index (κ2) is 5.53. The van der Waals surface area contributed by atoms with Crippen LogP contribution in [0.25, 0.3) is 11.3 Å². The maximum atomic E-state index is 13.0. The number of benzene rings is 1. The minimum atomic E-state index is -0.203. The average molecular weight is 259 g/mol. The van der Waals surface area contributed by atoms with Gasteiger partial charge in [-0.05, 0) is 61.7 Å². The standard InChI is InChI=1S/C15H18FN3/c16-14-5-3-13(4-6-14)15-9-18-11-19(15)10-12-2-1-7-17-8-12/h3-6,9,11-12,17H,1-2,7-8,10H2. The van der Waals surface area contributed by atoms with E-state index in [4.69, 9.17) is 0 Å². The topological polar surface area (TPSA) is 29.9 Å². The molecular weight excluding hydrogens is 241 g/mol. The van der Waals surface area contributed by atoms with Gasteiger partial charge in [0.2, 0.25) is 0 Å². The Kier molecular flexibility index (Phi) is 3.60. The maximum absolute atomic E-state index is 13.0. The zero-order chi connectivity index (χ0) is 13.1. The monoisotopic (exact) mass is 259 g/mol. The summed E-state index contributed by atoms with van der Waals surface area (Å²) in [5.41, 5.74) is 2.08. The van der Waals surface area contributed by atoms with E-state index < -0.39 is 0 Å². The molecule has 1 N–H and O–H groups in total. The van der Waals surface area contributed by atoms with E-state index in [-0.39, 0.29) is 5.82 Å². The minimum absolute atomic E-state index is 0.203. The zero-order valence-corrected chi connectivity index (χ0v) is 10.8. The third kappa shape index (κ3) is 2.84. The van der Waals surface area contributed by atoms with Crippen LogP contribution in [0.4, 0.5) is 4.39 Å². The molecule has 1 saturated heterocycles. The molecule has 0 radical (unpaired) electrons. The lowest BCUT2D eigenvalue weighted by atomic mass is 9.99. The van der Waals surface area contributed by atoms with E-state index in [0.29, 0.717) is 5.92 Å². The molecule has 100 valence electrons. The van der Waals surface area contributed by atoms with Crippen LogP contribution in [0.1, 0.15) is 12.8 Å². The molecule has 0 bridgehead atoms. The Morgan fingerprint density at radius 2 is 2.16 bits per heavy atom. The van der Waals surface area contributed by atoms with Crippen molar-refractivity contribution in [1.82, 2.24) is 14.9 Å². The lowest BCUT2D eigenvalue weighted by molar-refractivity contribution is 0.338. The fourth-order valence-electron chi connectivity index (χ4n) is 2.69. The van der Waals surface area contributed by atoms with Crippen LogP contribution in [-0.4, -0.2) is 22.6 Å². The molecule has 1 aromatic carbocycles. The van der Waals surface area contributed by atoms with Crippen LogP contribution in [0.15, 0.2) is 36.8 Å². The van der Waals surface area contributed by atoms with Gasteiger partial charge in [0.25, 0.3) is 0 Å². The summed E-state index contributed by atoms with van der Waals surface area (Å²) < 4.78 is 15.1. The van der Waals surface area contributed by atoms with Gasteiger partial charge in [-0.2, -0.15) is 0 Å². The molecule has 2 heterocycles. The van der Waals surface area contributed by atoms with Crippen molar-refractivity contribution in [3.05, 3.63) is 42.6 Å². The van der Waals surface area contributed by atoms with E-state index in [9.17, 15) is 4.39 Å². The van der Waals surface area contributed by atoms with Gasteiger partial charge in [0.05, 0.1) is 18.2 Å². The van der Waals surface area contributed by atoms with Crippen LogP contribution in [-0.2, 0) is 6.54 Å². The summed E-state index contributed by atoms with van der Waals surface area (Å²) in [5, 5.41) is 3.43.